The van der Waals surface area contributed by atoms with Gasteiger partial charge in [-0.05, 0) is 24.5 Å². The molecule has 0 aromatic rings. The topological polar surface area (TPSA) is 63.3 Å². The minimum absolute atomic E-state index is 0.0952. The zero-order valence-electron chi connectivity index (χ0n) is 7.01. The van der Waals surface area contributed by atoms with Crippen molar-refractivity contribution < 1.29 is 9.90 Å². The summed E-state index contributed by atoms with van der Waals surface area (Å²) in [5.41, 5.74) is 5.38. The van der Waals surface area contributed by atoms with E-state index in [1.807, 2.05) is 12.2 Å². The molecule has 4 heteroatoms. The maximum Gasteiger partial charge on any atom is 0.320 e. The van der Waals surface area contributed by atoms with Crippen molar-refractivity contribution in [3.63, 3.8) is 0 Å². The number of allylic oxidation sites excluding steroid dienone is 4. The van der Waals surface area contributed by atoms with Crippen LogP contribution >= 0.6 is 12.2 Å². The molecule has 1 unspecified atom stereocenters. The molecule has 1 atom stereocenters. The van der Waals surface area contributed by atoms with Crippen molar-refractivity contribution in [2.24, 2.45) is 11.7 Å². The molecule has 0 radical (unpaired) electrons. The Morgan fingerprint density at radius 1 is 1.62 bits per heavy atom. The first-order chi connectivity index (χ1) is 6.09. The number of thiocarbonyl (C=S) groups is 1. The average Bonchev–Trinajstić information content (AvgIpc) is 2.08. The van der Waals surface area contributed by atoms with Crippen LogP contribution in [0.1, 0.15) is 6.42 Å². The van der Waals surface area contributed by atoms with Crippen LogP contribution in [0.2, 0.25) is 0 Å². The van der Waals surface area contributed by atoms with Gasteiger partial charge >= 0.3 is 5.97 Å². The molecule has 0 aromatic carbocycles. The van der Waals surface area contributed by atoms with Crippen LogP contribution in [-0.4, -0.2) is 22.0 Å². The molecule has 0 saturated carbocycles. The smallest absolute Gasteiger partial charge is 0.320 e. The fourth-order valence-corrected chi connectivity index (χ4v) is 1.26. The predicted molar refractivity (Wildman–Crippen MR) is 54.6 cm³/mol. The van der Waals surface area contributed by atoms with Gasteiger partial charge in [-0.25, -0.2) is 0 Å². The number of carbonyl (C=O) groups is 1. The van der Waals surface area contributed by atoms with E-state index in [2.05, 4.69) is 0 Å². The molecule has 0 heterocycles. The SMILES string of the molecule is NC(CC1C=CC(=S)C=C1)C(=O)O. The normalized spacial score (nSPS) is 19.0. The van der Waals surface area contributed by atoms with Crippen LogP contribution in [0, 0.1) is 5.92 Å². The standard InChI is InChI=1S/C9H11NO2S/c10-8(9(11)12)5-6-1-3-7(13)4-2-6/h1-4,6,8H,5,10H2,(H,11,12). The Labute approximate surface area is 81.9 Å². The number of hydrogen-bond donors (Lipinski definition) is 2. The molecule has 1 aliphatic rings. The molecular formula is C9H11NO2S. The Hall–Kier alpha value is -1.00. The van der Waals surface area contributed by atoms with E-state index in [9.17, 15) is 4.79 Å². The fraction of sp³-hybridized carbons (Fsp3) is 0.333. The number of carboxylic acid groups (broad SMARTS) is 1. The number of rotatable bonds is 3. The third-order valence-electron chi connectivity index (χ3n) is 1.86. The lowest BCUT2D eigenvalue weighted by Gasteiger charge is -2.13. The molecule has 13 heavy (non-hydrogen) atoms. The molecule has 3 N–H and O–H groups in total. The molecule has 3 nitrogen and oxygen atoms in total. The van der Waals surface area contributed by atoms with E-state index >= 15 is 0 Å². The first-order valence-electron chi connectivity index (χ1n) is 3.98. The highest BCUT2D eigenvalue weighted by Gasteiger charge is 2.16. The predicted octanol–water partition coefficient (Wildman–Crippen LogP) is 0.900. The molecule has 1 rings (SSSR count). The lowest BCUT2D eigenvalue weighted by molar-refractivity contribution is -0.138. The number of hydrogen-bond acceptors (Lipinski definition) is 3. The summed E-state index contributed by atoms with van der Waals surface area (Å²) >= 11 is 4.90. The molecule has 0 aliphatic heterocycles. The highest BCUT2D eigenvalue weighted by molar-refractivity contribution is 7.81. The summed E-state index contributed by atoms with van der Waals surface area (Å²) < 4.78 is 0. The maximum atomic E-state index is 10.4. The number of nitrogens with two attached hydrogens (primary N) is 1. The van der Waals surface area contributed by atoms with E-state index in [4.69, 9.17) is 23.1 Å². The van der Waals surface area contributed by atoms with Gasteiger partial charge in [0.2, 0.25) is 0 Å². The van der Waals surface area contributed by atoms with E-state index in [0.29, 0.717) is 6.42 Å². The Balaban J connectivity index is 2.48. The molecular weight excluding hydrogens is 186 g/mol. The van der Waals surface area contributed by atoms with Crippen molar-refractivity contribution >= 4 is 23.1 Å². The second kappa shape index (κ2) is 4.30. The lowest BCUT2D eigenvalue weighted by Crippen LogP contribution is -2.31. The Bertz CT molecular complexity index is 267. The van der Waals surface area contributed by atoms with Crippen molar-refractivity contribution in [1.29, 1.82) is 0 Å². The van der Waals surface area contributed by atoms with E-state index in [1.165, 1.54) is 0 Å². The monoisotopic (exact) mass is 197 g/mol. The summed E-state index contributed by atoms with van der Waals surface area (Å²) in [6.45, 7) is 0. The first kappa shape index (κ1) is 10.1. The van der Waals surface area contributed by atoms with E-state index < -0.39 is 12.0 Å². The van der Waals surface area contributed by atoms with Gasteiger partial charge in [0.15, 0.2) is 0 Å². The van der Waals surface area contributed by atoms with Gasteiger partial charge in [0.05, 0.1) is 0 Å². The van der Waals surface area contributed by atoms with Crippen LogP contribution in [0.25, 0.3) is 0 Å². The first-order valence-corrected chi connectivity index (χ1v) is 4.39. The van der Waals surface area contributed by atoms with E-state index in [1.54, 1.807) is 12.2 Å². The van der Waals surface area contributed by atoms with Gasteiger partial charge in [0.25, 0.3) is 0 Å². The summed E-state index contributed by atoms with van der Waals surface area (Å²) in [6.07, 6.45) is 7.78. The van der Waals surface area contributed by atoms with Gasteiger partial charge < -0.3 is 10.8 Å². The Kier molecular flexibility index (Phi) is 3.33. The van der Waals surface area contributed by atoms with Gasteiger partial charge in [-0.1, -0.05) is 24.4 Å². The van der Waals surface area contributed by atoms with Gasteiger partial charge in [-0.15, -0.1) is 0 Å². The Morgan fingerprint density at radius 2 is 2.15 bits per heavy atom. The fourth-order valence-electron chi connectivity index (χ4n) is 1.11. The van der Waals surface area contributed by atoms with Crippen molar-refractivity contribution in [1.82, 2.24) is 0 Å². The van der Waals surface area contributed by atoms with Crippen molar-refractivity contribution in [3.8, 4) is 0 Å². The van der Waals surface area contributed by atoms with Crippen LogP contribution in [0.15, 0.2) is 24.3 Å². The van der Waals surface area contributed by atoms with E-state index in [-0.39, 0.29) is 5.92 Å². The van der Waals surface area contributed by atoms with E-state index in [0.717, 1.165) is 4.86 Å². The quantitative estimate of drug-likeness (QED) is 0.660. The summed E-state index contributed by atoms with van der Waals surface area (Å²) in [5, 5.41) is 8.57. The summed E-state index contributed by atoms with van der Waals surface area (Å²) in [6, 6.07) is -0.800. The summed E-state index contributed by atoms with van der Waals surface area (Å²) in [7, 11) is 0. The molecule has 1 aliphatic carbocycles. The van der Waals surface area contributed by atoms with Crippen LogP contribution in [0.5, 0.6) is 0 Å². The molecule has 0 fully saturated rings. The molecule has 0 amide bonds. The van der Waals surface area contributed by atoms with Gasteiger partial charge in [0, 0.05) is 4.86 Å². The van der Waals surface area contributed by atoms with Crippen molar-refractivity contribution in [3.05, 3.63) is 24.3 Å². The highest BCUT2D eigenvalue weighted by Crippen LogP contribution is 2.13. The second-order valence-electron chi connectivity index (χ2n) is 2.96. The van der Waals surface area contributed by atoms with Crippen LogP contribution in [0.3, 0.4) is 0 Å². The third-order valence-corrected chi connectivity index (χ3v) is 2.13. The maximum absolute atomic E-state index is 10.4. The second-order valence-corrected chi connectivity index (χ2v) is 3.44. The summed E-state index contributed by atoms with van der Waals surface area (Å²) in [4.78, 5) is 11.2. The molecule has 0 bridgehead atoms. The average molecular weight is 197 g/mol. The molecule has 70 valence electrons. The third kappa shape index (κ3) is 3.08. The minimum Gasteiger partial charge on any atom is -0.480 e. The van der Waals surface area contributed by atoms with Crippen LogP contribution in [0.4, 0.5) is 0 Å². The summed E-state index contributed by atoms with van der Waals surface area (Å²) in [5.74, 6) is -0.868. The van der Waals surface area contributed by atoms with Gasteiger partial charge in [0.1, 0.15) is 6.04 Å². The zero-order chi connectivity index (χ0) is 9.84. The van der Waals surface area contributed by atoms with Crippen molar-refractivity contribution in [2.45, 2.75) is 12.5 Å². The van der Waals surface area contributed by atoms with Crippen molar-refractivity contribution in [2.75, 3.05) is 0 Å². The van der Waals surface area contributed by atoms with Gasteiger partial charge in [-0.3, -0.25) is 4.79 Å². The minimum atomic E-state index is -0.963. The number of aliphatic carboxylic acids is 1. The van der Waals surface area contributed by atoms with Crippen LogP contribution < -0.4 is 5.73 Å². The van der Waals surface area contributed by atoms with Crippen LogP contribution in [-0.2, 0) is 4.79 Å². The molecule has 0 aromatic heterocycles. The molecule has 0 spiro atoms. The lowest BCUT2D eigenvalue weighted by atomic mass is 9.96. The van der Waals surface area contributed by atoms with Gasteiger partial charge in [-0.2, -0.15) is 0 Å². The highest BCUT2D eigenvalue weighted by atomic mass is 32.1. The Morgan fingerprint density at radius 3 is 2.62 bits per heavy atom. The number of carboxylic acids is 1. The zero-order valence-corrected chi connectivity index (χ0v) is 7.83. The molecule has 0 saturated heterocycles. The largest absolute Gasteiger partial charge is 0.480 e.